The van der Waals surface area contributed by atoms with Gasteiger partial charge in [-0.25, -0.2) is 4.68 Å². The summed E-state index contributed by atoms with van der Waals surface area (Å²) in [5, 5.41) is 5.71. The summed E-state index contributed by atoms with van der Waals surface area (Å²) in [5.74, 6) is 3.93. The number of anilines is 6. The Morgan fingerprint density at radius 3 is 1.10 bits per heavy atom. The molecule has 1 aliphatic heterocycles. The molecular weight excluding hydrogens is 869 g/mol. The number of methoxy groups -OCH3 is 5. The number of aromatic nitrogens is 2. The van der Waals surface area contributed by atoms with Gasteiger partial charge >= 0.3 is 0 Å². The van der Waals surface area contributed by atoms with Crippen molar-refractivity contribution in [2.24, 2.45) is 0 Å². The molecule has 9 nitrogen and oxygen atoms in total. The van der Waals surface area contributed by atoms with Crippen LogP contribution in [0, 0.1) is 0 Å². The fourth-order valence-electron chi connectivity index (χ4n) is 10.3. The Kier molecular flexibility index (Phi) is 10.9. The SMILES string of the molecule is COc1ccc(-c2cc3n(n2)C2(c4cc(N(c5ccc(OC)cc5)c5ccc(OC)cc5)ccc4-c4ccc(N(c5ccc(OC)cc5)c5ccc(OC)cc5)cc42)c2cc(C(C)(C)C)ccc2-3)cc1. The maximum atomic E-state index is 5.71. The van der Waals surface area contributed by atoms with Gasteiger partial charge < -0.3 is 33.5 Å². The molecule has 8 aromatic carbocycles. The van der Waals surface area contributed by atoms with Crippen molar-refractivity contribution in [2.75, 3.05) is 45.3 Å². The average Bonchev–Trinajstić information content (AvgIpc) is 4.05. The average molecular weight is 923 g/mol. The largest absolute Gasteiger partial charge is 0.497 e. The van der Waals surface area contributed by atoms with Crippen LogP contribution in [0.3, 0.4) is 0 Å². The van der Waals surface area contributed by atoms with E-state index in [1.165, 1.54) is 11.1 Å². The Bertz CT molecular complexity index is 3130. The fourth-order valence-corrected chi connectivity index (χ4v) is 10.3. The number of hydrogen-bond acceptors (Lipinski definition) is 8. The highest BCUT2D eigenvalue weighted by molar-refractivity contribution is 5.94. The van der Waals surface area contributed by atoms with Crippen LogP contribution in [0.15, 0.2) is 182 Å². The van der Waals surface area contributed by atoms with Gasteiger partial charge in [0.25, 0.3) is 0 Å². The third kappa shape index (κ3) is 7.19. The van der Waals surface area contributed by atoms with Crippen molar-refractivity contribution in [2.45, 2.75) is 31.7 Å². The quantitative estimate of drug-likeness (QED) is 0.120. The van der Waals surface area contributed by atoms with E-state index >= 15 is 0 Å². The Morgan fingerprint density at radius 2 is 0.729 bits per heavy atom. The van der Waals surface area contributed by atoms with Crippen LogP contribution in [-0.2, 0) is 11.0 Å². The van der Waals surface area contributed by atoms with Crippen LogP contribution in [0.2, 0.25) is 0 Å². The Morgan fingerprint density at radius 1 is 0.386 bits per heavy atom. The molecule has 1 aromatic heterocycles. The lowest BCUT2D eigenvalue weighted by molar-refractivity contribution is 0.414. The summed E-state index contributed by atoms with van der Waals surface area (Å²) in [6, 6.07) is 64.2. The molecule has 70 heavy (non-hydrogen) atoms. The van der Waals surface area contributed by atoms with E-state index in [9.17, 15) is 0 Å². The molecule has 1 aliphatic carbocycles. The zero-order valence-corrected chi connectivity index (χ0v) is 40.7. The van der Waals surface area contributed by atoms with Crippen molar-refractivity contribution in [1.29, 1.82) is 0 Å². The van der Waals surface area contributed by atoms with Crippen molar-refractivity contribution in [3.05, 3.63) is 204 Å². The molecule has 0 fully saturated rings. The minimum atomic E-state index is -0.912. The van der Waals surface area contributed by atoms with Crippen LogP contribution in [0.4, 0.5) is 34.1 Å². The van der Waals surface area contributed by atoms with Crippen LogP contribution >= 0.6 is 0 Å². The normalized spacial score (nSPS) is 12.7. The van der Waals surface area contributed by atoms with Gasteiger partial charge in [0.15, 0.2) is 0 Å². The predicted molar refractivity (Wildman–Crippen MR) is 281 cm³/mol. The first-order valence-electron chi connectivity index (χ1n) is 23.4. The van der Waals surface area contributed by atoms with Gasteiger partial charge in [-0.05, 0) is 190 Å². The number of rotatable bonds is 12. The van der Waals surface area contributed by atoms with Gasteiger partial charge in [-0.2, -0.15) is 5.10 Å². The van der Waals surface area contributed by atoms with Crippen molar-refractivity contribution in [3.8, 4) is 62.4 Å². The standard InChI is InChI=1S/C61H54N4O5/c1-60(2,3)40-11-32-54-55(35-40)61(65-59(54)38-58(62-65)39-9-22-47(66-4)23-10-39)56-36-45(63(41-12-24-48(67-5)25-13-41)42-14-26-49(68-6)27-15-42)20-33-52(56)53-34-21-46(37-57(53)61)64(43-16-28-50(69-7)29-17-43)44-18-30-51(70-8)31-19-44/h9-38H,1-8H3. The fraction of sp³-hybridized carbons (Fsp3) is 0.164. The van der Waals surface area contributed by atoms with Gasteiger partial charge in [-0.1, -0.05) is 51.1 Å². The maximum absolute atomic E-state index is 5.71. The summed E-state index contributed by atoms with van der Waals surface area (Å²) >= 11 is 0. The molecule has 0 bridgehead atoms. The van der Waals surface area contributed by atoms with Gasteiger partial charge in [-0.15, -0.1) is 0 Å². The summed E-state index contributed by atoms with van der Waals surface area (Å²) < 4.78 is 30.4. The van der Waals surface area contributed by atoms with Gasteiger partial charge in [0.2, 0.25) is 0 Å². The lowest BCUT2D eigenvalue weighted by Crippen LogP contribution is -2.34. The summed E-state index contributed by atoms with van der Waals surface area (Å²) in [6.45, 7) is 6.85. The second kappa shape index (κ2) is 17.3. The van der Waals surface area contributed by atoms with Crippen LogP contribution < -0.4 is 33.5 Å². The highest BCUT2D eigenvalue weighted by atomic mass is 16.5. The highest BCUT2D eigenvalue weighted by Gasteiger charge is 2.54. The molecule has 2 heterocycles. The van der Waals surface area contributed by atoms with E-state index in [0.717, 1.165) is 108 Å². The second-order valence-electron chi connectivity index (χ2n) is 18.7. The van der Waals surface area contributed by atoms with Gasteiger partial charge in [0.1, 0.15) is 34.3 Å². The monoisotopic (exact) mass is 922 g/mol. The molecule has 0 radical (unpaired) electrons. The molecule has 9 aromatic rings. The predicted octanol–water partition coefficient (Wildman–Crippen LogP) is 14.6. The van der Waals surface area contributed by atoms with Crippen LogP contribution in [-0.4, -0.2) is 45.3 Å². The maximum Gasteiger partial charge on any atom is 0.140 e. The number of hydrogen-bond donors (Lipinski definition) is 0. The molecule has 0 saturated carbocycles. The van der Waals surface area contributed by atoms with E-state index in [4.69, 9.17) is 28.8 Å². The highest BCUT2D eigenvalue weighted by Crippen LogP contribution is 2.61. The Hall–Kier alpha value is -8.43. The molecule has 0 atom stereocenters. The van der Waals surface area contributed by atoms with Crippen LogP contribution in [0.25, 0.3) is 33.6 Å². The zero-order chi connectivity index (χ0) is 48.3. The number of fused-ring (bicyclic) bond motifs is 10. The first-order chi connectivity index (χ1) is 34.1. The third-order valence-corrected chi connectivity index (χ3v) is 13.9. The molecule has 2 aliphatic rings. The van der Waals surface area contributed by atoms with E-state index in [1.807, 2.05) is 60.7 Å². The molecule has 0 unspecified atom stereocenters. The Labute approximate surface area is 409 Å². The van der Waals surface area contributed by atoms with Gasteiger partial charge in [-0.3, -0.25) is 0 Å². The molecule has 0 saturated heterocycles. The molecule has 11 rings (SSSR count). The van der Waals surface area contributed by atoms with Crippen LogP contribution in [0.1, 0.15) is 43.0 Å². The lowest BCUT2D eigenvalue weighted by atomic mass is 9.77. The van der Waals surface area contributed by atoms with Crippen LogP contribution in [0.5, 0.6) is 28.7 Å². The van der Waals surface area contributed by atoms with E-state index in [1.54, 1.807) is 35.5 Å². The van der Waals surface area contributed by atoms with Gasteiger partial charge in [0.05, 0.1) is 46.9 Å². The number of nitrogens with zero attached hydrogens (tertiary/aromatic N) is 4. The van der Waals surface area contributed by atoms with Crippen molar-refractivity contribution >= 4 is 34.1 Å². The van der Waals surface area contributed by atoms with Crippen molar-refractivity contribution < 1.29 is 23.7 Å². The Balaban J connectivity index is 1.21. The molecular formula is C61H54N4O5. The van der Waals surface area contributed by atoms with Gasteiger partial charge in [0, 0.05) is 45.3 Å². The summed E-state index contributed by atoms with van der Waals surface area (Å²) in [6.07, 6.45) is 0. The molecule has 0 N–H and O–H groups in total. The minimum absolute atomic E-state index is 0.137. The molecule has 348 valence electrons. The molecule has 9 heteroatoms. The second-order valence-corrected chi connectivity index (χ2v) is 18.7. The first-order valence-corrected chi connectivity index (χ1v) is 23.4. The van der Waals surface area contributed by atoms with E-state index in [0.29, 0.717) is 0 Å². The van der Waals surface area contributed by atoms with Crippen molar-refractivity contribution in [1.82, 2.24) is 9.78 Å². The van der Waals surface area contributed by atoms with E-state index < -0.39 is 5.54 Å². The molecule has 1 spiro atoms. The smallest absolute Gasteiger partial charge is 0.140 e. The third-order valence-electron chi connectivity index (χ3n) is 13.9. The zero-order valence-electron chi connectivity index (χ0n) is 40.7. The minimum Gasteiger partial charge on any atom is -0.497 e. The van der Waals surface area contributed by atoms with E-state index in [-0.39, 0.29) is 5.41 Å². The first kappa shape index (κ1) is 44.1. The van der Waals surface area contributed by atoms with E-state index in [2.05, 4.69) is 157 Å². The topological polar surface area (TPSA) is 70.5 Å². The molecule has 0 amide bonds. The summed E-state index contributed by atoms with van der Waals surface area (Å²) in [5.41, 5.74) is 15.9. The lowest BCUT2D eigenvalue weighted by Gasteiger charge is -2.34. The summed E-state index contributed by atoms with van der Waals surface area (Å²) in [7, 11) is 8.47. The van der Waals surface area contributed by atoms with Crippen molar-refractivity contribution in [3.63, 3.8) is 0 Å². The number of benzene rings is 8. The summed E-state index contributed by atoms with van der Waals surface area (Å²) in [4.78, 5) is 4.59. The number of ether oxygens (including phenoxy) is 5.